The van der Waals surface area contributed by atoms with E-state index in [1.807, 2.05) is 38.1 Å². The lowest BCUT2D eigenvalue weighted by Crippen LogP contribution is -2.46. The van der Waals surface area contributed by atoms with Crippen LogP contribution in [0.3, 0.4) is 0 Å². The van der Waals surface area contributed by atoms with E-state index in [1.54, 1.807) is 17.3 Å². The van der Waals surface area contributed by atoms with Gasteiger partial charge in [0.25, 0.3) is 0 Å². The molecule has 2 rings (SSSR count). The van der Waals surface area contributed by atoms with E-state index in [1.165, 1.54) is 0 Å². The van der Waals surface area contributed by atoms with Crippen LogP contribution < -0.4 is 10.6 Å². The van der Waals surface area contributed by atoms with Gasteiger partial charge in [0, 0.05) is 32.2 Å². The summed E-state index contributed by atoms with van der Waals surface area (Å²) in [5.74, 6) is -1.35. The molecule has 1 aromatic rings. The lowest BCUT2D eigenvalue weighted by Gasteiger charge is -2.35. The lowest BCUT2D eigenvalue weighted by atomic mass is 10.0. The fourth-order valence-corrected chi connectivity index (χ4v) is 5.63. The third-order valence-electron chi connectivity index (χ3n) is 5.32. The molecule has 0 bridgehead atoms. The van der Waals surface area contributed by atoms with Gasteiger partial charge in [-0.3, -0.25) is 9.59 Å². The second-order valence-electron chi connectivity index (χ2n) is 8.14. The molecule has 1 unspecified atom stereocenters. The van der Waals surface area contributed by atoms with Crippen molar-refractivity contribution in [3.05, 3.63) is 29.3 Å². The number of nitrogens with zero attached hydrogens (tertiary/aromatic N) is 2. The number of amides is 2. The molecule has 9 heteroatoms. The second kappa shape index (κ2) is 10.9. The van der Waals surface area contributed by atoms with E-state index in [0.717, 1.165) is 30.4 Å². The molecule has 2 amide bonds. The largest absolute Gasteiger partial charge is 0.348 e. The van der Waals surface area contributed by atoms with E-state index in [-0.39, 0.29) is 12.6 Å². The number of nitrogens with one attached hydrogen (secondary N) is 2. The van der Waals surface area contributed by atoms with Crippen molar-refractivity contribution in [3.8, 4) is 0 Å². The summed E-state index contributed by atoms with van der Waals surface area (Å²) in [4.78, 5) is 26.1. The Labute approximate surface area is 180 Å². The molecule has 1 aliphatic heterocycles. The summed E-state index contributed by atoms with van der Waals surface area (Å²) in [5, 5.41) is 5.18. The summed E-state index contributed by atoms with van der Waals surface area (Å²) in [6.45, 7) is 5.45. The summed E-state index contributed by atoms with van der Waals surface area (Å²) >= 11 is 0. The number of carbonyl (C=O) groups is 2. The van der Waals surface area contributed by atoms with Crippen LogP contribution >= 0.6 is 0 Å². The maximum atomic E-state index is 13.3. The standard InChI is InChI=1S/C21H34N4O4S/c1-16-8-9-17(2)19(15-16)30(28,29)25-13-6-5-7-18(25)10-11-22-20(26)21(27)23-12-14-24(3)4/h8-9,15,18H,5-7,10-14H2,1-4H3,(H,22,26)(H,23,27). The number of likely N-dealkylation sites (N-methyl/N-ethyl adjacent to an activating group) is 1. The van der Waals surface area contributed by atoms with Crippen molar-refractivity contribution in [3.63, 3.8) is 0 Å². The molecule has 0 aromatic heterocycles. The van der Waals surface area contributed by atoms with Gasteiger partial charge >= 0.3 is 11.8 Å². The monoisotopic (exact) mass is 438 g/mol. The molecule has 2 N–H and O–H groups in total. The minimum atomic E-state index is -3.61. The predicted molar refractivity (Wildman–Crippen MR) is 117 cm³/mol. The van der Waals surface area contributed by atoms with Gasteiger partial charge < -0.3 is 15.5 Å². The highest BCUT2D eigenvalue weighted by molar-refractivity contribution is 7.89. The fourth-order valence-electron chi connectivity index (χ4n) is 3.60. The number of hydrogen-bond acceptors (Lipinski definition) is 5. The van der Waals surface area contributed by atoms with Gasteiger partial charge in [0.2, 0.25) is 10.0 Å². The third kappa shape index (κ3) is 6.52. The van der Waals surface area contributed by atoms with Crippen LogP contribution in [0.1, 0.15) is 36.8 Å². The second-order valence-corrected chi connectivity index (χ2v) is 10.00. The van der Waals surface area contributed by atoms with Crippen molar-refractivity contribution in [1.82, 2.24) is 19.8 Å². The van der Waals surface area contributed by atoms with Gasteiger partial charge in [-0.25, -0.2) is 8.42 Å². The molecule has 1 aliphatic rings. The summed E-state index contributed by atoms with van der Waals surface area (Å²) < 4.78 is 28.2. The quantitative estimate of drug-likeness (QED) is 0.591. The Balaban J connectivity index is 1.97. The minimum Gasteiger partial charge on any atom is -0.348 e. The van der Waals surface area contributed by atoms with Gasteiger partial charge in [0.15, 0.2) is 0 Å². The molecule has 0 aliphatic carbocycles. The zero-order valence-corrected chi connectivity index (χ0v) is 19.2. The smallest absolute Gasteiger partial charge is 0.309 e. The normalized spacial score (nSPS) is 17.7. The zero-order valence-electron chi connectivity index (χ0n) is 18.4. The zero-order chi connectivity index (χ0) is 22.3. The molecular formula is C21H34N4O4S. The molecule has 8 nitrogen and oxygen atoms in total. The SMILES string of the molecule is Cc1ccc(C)c(S(=O)(=O)N2CCCCC2CCNC(=O)C(=O)NCCN(C)C)c1. The number of carbonyl (C=O) groups excluding carboxylic acids is 2. The first-order chi connectivity index (χ1) is 14.1. The summed E-state index contributed by atoms with van der Waals surface area (Å²) in [7, 11) is 0.152. The lowest BCUT2D eigenvalue weighted by molar-refractivity contribution is -0.139. The summed E-state index contributed by atoms with van der Waals surface area (Å²) in [5.41, 5.74) is 1.63. The van der Waals surface area contributed by atoms with Gasteiger partial charge in [-0.15, -0.1) is 0 Å². The van der Waals surface area contributed by atoms with E-state index in [4.69, 9.17) is 0 Å². The van der Waals surface area contributed by atoms with Gasteiger partial charge in [0.1, 0.15) is 0 Å². The van der Waals surface area contributed by atoms with Gasteiger partial charge in [-0.05, 0) is 64.4 Å². The van der Waals surface area contributed by atoms with Crippen molar-refractivity contribution in [2.45, 2.75) is 50.5 Å². The van der Waals surface area contributed by atoms with Gasteiger partial charge in [-0.2, -0.15) is 4.31 Å². The Hall–Kier alpha value is -1.97. The topological polar surface area (TPSA) is 98.8 Å². The molecule has 1 saturated heterocycles. The Morgan fingerprint density at radius 3 is 2.43 bits per heavy atom. The molecule has 1 atom stereocenters. The molecule has 1 fully saturated rings. The van der Waals surface area contributed by atoms with Crippen LogP contribution in [0.5, 0.6) is 0 Å². The molecule has 0 saturated carbocycles. The summed E-state index contributed by atoms with van der Waals surface area (Å²) in [6, 6.07) is 5.26. The van der Waals surface area contributed by atoms with Crippen LogP contribution in [0, 0.1) is 13.8 Å². The summed E-state index contributed by atoms with van der Waals surface area (Å²) in [6.07, 6.45) is 2.99. The van der Waals surface area contributed by atoms with Crippen LogP contribution in [0.2, 0.25) is 0 Å². The highest BCUT2D eigenvalue weighted by Crippen LogP contribution is 2.29. The number of piperidine rings is 1. The van der Waals surface area contributed by atoms with Crippen LogP contribution in [-0.4, -0.2) is 75.8 Å². The van der Waals surface area contributed by atoms with Crippen molar-refractivity contribution in [2.75, 3.05) is 40.3 Å². The molecule has 168 valence electrons. The maximum Gasteiger partial charge on any atom is 0.309 e. The first kappa shape index (κ1) is 24.3. The molecule has 30 heavy (non-hydrogen) atoms. The number of aryl methyl sites for hydroxylation is 2. The van der Waals surface area contributed by atoms with Crippen molar-refractivity contribution < 1.29 is 18.0 Å². The van der Waals surface area contributed by atoms with Crippen LogP contribution in [0.15, 0.2) is 23.1 Å². The minimum absolute atomic E-state index is 0.194. The Bertz CT molecular complexity index is 855. The first-order valence-electron chi connectivity index (χ1n) is 10.4. The van der Waals surface area contributed by atoms with E-state index in [2.05, 4.69) is 10.6 Å². The van der Waals surface area contributed by atoms with E-state index in [0.29, 0.717) is 31.0 Å². The Morgan fingerprint density at radius 1 is 1.10 bits per heavy atom. The predicted octanol–water partition coefficient (Wildman–Crippen LogP) is 1.03. The van der Waals surface area contributed by atoms with Gasteiger partial charge in [-0.1, -0.05) is 18.6 Å². The third-order valence-corrected chi connectivity index (χ3v) is 7.41. The van der Waals surface area contributed by atoms with Gasteiger partial charge in [0.05, 0.1) is 4.90 Å². The highest BCUT2D eigenvalue weighted by atomic mass is 32.2. The molecule has 0 spiro atoms. The number of hydrogen-bond donors (Lipinski definition) is 2. The average molecular weight is 439 g/mol. The average Bonchev–Trinajstić information content (AvgIpc) is 2.69. The molecule has 1 heterocycles. The van der Waals surface area contributed by atoms with Crippen LogP contribution in [-0.2, 0) is 19.6 Å². The van der Waals surface area contributed by atoms with Crippen molar-refractivity contribution >= 4 is 21.8 Å². The number of sulfonamides is 1. The Morgan fingerprint density at radius 2 is 1.77 bits per heavy atom. The van der Waals surface area contributed by atoms with Crippen molar-refractivity contribution in [2.24, 2.45) is 0 Å². The number of benzene rings is 1. The Kier molecular flexibility index (Phi) is 8.81. The van der Waals surface area contributed by atoms with Crippen LogP contribution in [0.25, 0.3) is 0 Å². The van der Waals surface area contributed by atoms with E-state index >= 15 is 0 Å². The fraction of sp³-hybridized carbons (Fsp3) is 0.619. The highest BCUT2D eigenvalue weighted by Gasteiger charge is 2.34. The van der Waals surface area contributed by atoms with Crippen LogP contribution in [0.4, 0.5) is 0 Å². The molecule has 1 aromatic carbocycles. The number of rotatable bonds is 8. The van der Waals surface area contributed by atoms with Crippen molar-refractivity contribution in [1.29, 1.82) is 0 Å². The molecule has 0 radical (unpaired) electrons. The van der Waals surface area contributed by atoms with E-state index < -0.39 is 21.8 Å². The first-order valence-corrected chi connectivity index (χ1v) is 11.9. The maximum absolute atomic E-state index is 13.3. The van der Waals surface area contributed by atoms with E-state index in [9.17, 15) is 18.0 Å². The molecular weight excluding hydrogens is 404 g/mol.